The lowest BCUT2D eigenvalue weighted by molar-refractivity contribution is 0.218. The number of halogens is 4. The normalized spacial score (nSPS) is 14.9. The SMILES string of the molecule is O=C(Nc1ccc(Oc2ccc(Cl)c(Cl)c2)cc1)N1CC(c2ccc(Cl)cc2)C(c2ccc(Cl)cc2)=N1. The van der Waals surface area contributed by atoms with E-state index in [1.54, 1.807) is 42.5 Å². The Labute approximate surface area is 234 Å². The average molecular weight is 571 g/mol. The summed E-state index contributed by atoms with van der Waals surface area (Å²) in [6.07, 6.45) is 0. The van der Waals surface area contributed by atoms with Gasteiger partial charge in [-0.3, -0.25) is 0 Å². The van der Waals surface area contributed by atoms with Crippen molar-refractivity contribution in [3.8, 4) is 11.5 Å². The second kappa shape index (κ2) is 11.0. The summed E-state index contributed by atoms with van der Waals surface area (Å²) in [6, 6.07) is 26.7. The fraction of sp³-hybridized carbons (Fsp3) is 0.0714. The molecule has 9 heteroatoms. The van der Waals surface area contributed by atoms with Gasteiger partial charge in [0, 0.05) is 27.7 Å². The zero-order valence-electron chi connectivity index (χ0n) is 19.2. The number of urea groups is 1. The van der Waals surface area contributed by atoms with Crippen LogP contribution >= 0.6 is 46.4 Å². The summed E-state index contributed by atoms with van der Waals surface area (Å²) in [5, 5.41) is 11.1. The fourth-order valence-corrected chi connectivity index (χ4v) is 4.48. The number of hydrazone groups is 1. The molecule has 0 spiro atoms. The maximum absolute atomic E-state index is 13.1. The zero-order chi connectivity index (χ0) is 25.9. The number of nitrogens with zero attached hydrogens (tertiary/aromatic N) is 2. The highest BCUT2D eigenvalue weighted by molar-refractivity contribution is 6.42. The first-order chi connectivity index (χ1) is 17.9. The molecule has 37 heavy (non-hydrogen) atoms. The largest absolute Gasteiger partial charge is 0.457 e. The molecule has 5 rings (SSSR count). The number of anilines is 1. The van der Waals surface area contributed by atoms with Gasteiger partial charge in [0.05, 0.1) is 22.3 Å². The number of ether oxygens (including phenoxy) is 1. The smallest absolute Gasteiger partial charge is 0.342 e. The van der Waals surface area contributed by atoms with E-state index >= 15 is 0 Å². The minimum absolute atomic E-state index is 0.119. The molecular weight excluding hydrogens is 552 g/mol. The Kier molecular flexibility index (Phi) is 7.58. The van der Waals surface area contributed by atoms with E-state index in [0.29, 0.717) is 43.8 Å². The lowest BCUT2D eigenvalue weighted by atomic mass is 9.91. The van der Waals surface area contributed by atoms with Gasteiger partial charge in [0.2, 0.25) is 0 Å². The molecule has 0 fully saturated rings. The van der Waals surface area contributed by atoms with Crippen molar-refractivity contribution in [3.63, 3.8) is 0 Å². The van der Waals surface area contributed by atoms with Crippen LogP contribution < -0.4 is 10.1 Å². The fourth-order valence-electron chi connectivity index (χ4n) is 3.94. The van der Waals surface area contributed by atoms with Crippen LogP contribution in [-0.2, 0) is 0 Å². The number of carbonyl (C=O) groups excluding carboxylic acids is 1. The first-order valence-electron chi connectivity index (χ1n) is 11.3. The number of hydrogen-bond acceptors (Lipinski definition) is 3. The van der Waals surface area contributed by atoms with E-state index in [1.165, 1.54) is 5.01 Å². The van der Waals surface area contributed by atoms with Crippen LogP contribution in [0.15, 0.2) is 96.1 Å². The first kappa shape index (κ1) is 25.4. The van der Waals surface area contributed by atoms with E-state index in [9.17, 15) is 4.79 Å². The highest BCUT2D eigenvalue weighted by Crippen LogP contribution is 2.32. The molecule has 1 atom stereocenters. The molecule has 0 radical (unpaired) electrons. The Hall–Kier alpha value is -3.22. The highest BCUT2D eigenvalue weighted by Gasteiger charge is 2.32. The number of hydrogen-bond donors (Lipinski definition) is 1. The number of nitrogens with one attached hydrogen (secondary N) is 1. The van der Waals surface area contributed by atoms with E-state index in [-0.39, 0.29) is 11.9 Å². The van der Waals surface area contributed by atoms with Gasteiger partial charge in [-0.1, -0.05) is 70.7 Å². The van der Waals surface area contributed by atoms with E-state index in [1.807, 2.05) is 48.5 Å². The van der Waals surface area contributed by atoms with Crippen molar-refractivity contribution in [2.45, 2.75) is 5.92 Å². The van der Waals surface area contributed by atoms with Gasteiger partial charge < -0.3 is 10.1 Å². The molecule has 1 unspecified atom stereocenters. The molecule has 0 aromatic heterocycles. The molecule has 0 saturated carbocycles. The molecule has 1 heterocycles. The minimum atomic E-state index is -0.346. The van der Waals surface area contributed by atoms with Crippen LogP contribution in [0.4, 0.5) is 10.5 Å². The molecule has 2 amide bonds. The van der Waals surface area contributed by atoms with Gasteiger partial charge in [-0.25, -0.2) is 9.80 Å². The summed E-state index contributed by atoms with van der Waals surface area (Å²) in [7, 11) is 0. The zero-order valence-corrected chi connectivity index (χ0v) is 22.2. The molecule has 1 N–H and O–H groups in total. The van der Waals surface area contributed by atoms with Crippen molar-refractivity contribution in [3.05, 3.63) is 122 Å². The summed E-state index contributed by atoms with van der Waals surface area (Å²) >= 11 is 24.2. The van der Waals surface area contributed by atoms with Gasteiger partial charge in [0.1, 0.15) is 11.5 Å². The van der Waals surface area contributed by atoms with Crippen LogP contribution in [0.5, 0.6) is 11.5 Å². The predicted octanol–water partition coefficient (Wildman–Crippen LogP) is 9.13. The van der Waals surface area contributed by atoms with E-state index in [0.717, 1.165) is 16.8 Å². The number of amides is 2. The van der Waals surface area contributed by atoms with Crippen LogP contribution in [0.1, 0.15) is 17.0 Å². The van der Waals surface area contributed by atoms with Crippen molar-refractivity contribution in [1.82, 2.24) is 5.01 Å². The monoisotopic (exact) mass is 569 g/mol. The van der Waals surface area contributed by atoms with E-state index < -0.39 is 0 Å². The second-order valence-electron chi connectivity index (χ2n) is 8.31. The van der Waals surface area contributed by atoms with Crippen LogP contribution in [0.25, 0.3) is 0 Å². The Balaban J connectivity index is 1.31. The van der Waals surface area contributed by atoms with Gasteiger partial charge in [0.15, 0.2) is 0 Å². The quantitative estimate of drug-likeness (QED) is 0.260. The second-order valence-corrected chi connectivity index (χ2v) is 10.00. The van der Waals surface area contributed by atoms with Gasteiger partial charge in [-0.2, -0.15) is 5.10 Å². The van der Waals surface area contributed by atoms with Crippen LogP contribution in [0.3, 0.4) is 0 Å². The highest BCUT2D eigenvalue weighted by atomic mass is 35.5. The summed E-state index contributed by atoms with van der Waals surface area (Å²) in [5.41, 5.74) is 3.28. The molecule has 0 saturated heterocycles. The number of benzene rings is 4. The standard InChI is InChI=1S/C28H19Cl4N3O2/c29-19-5-1-17(2-6-19)24-16-35(34-27(24)18-3-7-20(30)8-4-18)28(36)33-21-9-11-22(12-10-21)37-23-13-14-25(31)26(32)15-23/h1-15,24H,16H2,(H,33,36). The van der Waals surface area contributed by atoms with Crippen molar-refractivity contribution in [1.29, 1.82) is 0 Å². The van der Waals surface area contributed by atoms with Gasteiger partial charge in [-0.15, -0.1) is 0 Å². The van der Waals surface area contributed by atoms with Crippen LogP contribution in [-0.4, -0.2) is 23.3 Å². The topological polar surface area (TPSA) is 53.9 Å². The molecule has 186 valence electrons. The van der Waals surface area contributed by atoms with Crippen molar-refractivity contribution in [2.24, 2.45) is 5.10 Å². The third kappa shape index (κ3) is 6.03. The molecule has 5 nitrogen and oxygen atoms in total. The number of carbonyl (C=O) groups is 1. The third-order valence-corrected chi connectivity index (χ3v) is 7.04. The van der Waals surface area contributed by atoms with Gasteiger partial charge in [0.25, 0.3) is 0 Å². The maximum Gasteiger partial charge on any atom is 0.342 e. The van der Waals surface area contributed by atoms with Crippen molar-refractivity contribution >= 4 is 63.8 Å². The van der Waals surface area contributed by atoms with Gasteiger partial charge in [-0.05, 0) is 71.8 Å². The van der Waals surface area contributed by atoms with Crippen LogP contribution in [0, 0.1) is 0 Å². The number of rotatable bonds is 5. The molecule has 1 aliphatic heterocycles. The Bertz CT molecular complexity index is 1460. The molecular formula is C28H19Cl4N3O2. The Morgan fingerprint density at radius 2 is 1.41 bits per heavy atom. The maximum atomic E-state index is 13.1. The summed E-state index contributed by atoms with van der Waals surface area (Å²) in [5.74, 6) is 1.02. The summed E-state index contributed by atoms with van der Waals surface area (Å²) < 4.78 is 5.81. The predicted molar refractivity (Wildman–Crippen MR) is 151 cm³/mol. The molecule has 0 aliphatic carbocycles. The Morgan fingerprint density at radius 1 is 0.784 bits per heavy atom. The van der Waals surface area contributed by atoms with Gasteiger partial charge >= 0.3 is 6.03 Å². The molecule has 0 bridgehead atoms. The first-order valence-corrected chi connectivity index (χ1v) is 12.8. The molecule has 4 aromatic rings. The van der Waals surface area contributed by atoms with E-state index in [2.05, 4.69) is 10.4 Å². The van der Waals surface area contributed by atoms with Crippen molar-refractivity contribution < 1.29 is 9.53 Å². The van der Waals surface area contributed by atoms with Crippen LogP contribution in [0.2, 0.25) is 20.1 Å². The lowest BCUT2D eigenvalue weighted by Gasteiger charge is -2.16. The molecule has 1 aliphatic rings. The lowest BCUT2D eigenvalue weighted by Crippen LogP contribution is -2.30. The third-order valence-electron chi connectivity index (χ3n) is 5.79. The van der Waals surface area contributed by atoms with E-state index in [4.69, 9.17) is 51.1 Å². The Morgan fingerprint density at radius 3 is 2.05 bits per heavy atom. The average Bonchev–Trinajstić information content (AvgIpc) is 3.34. The summed E-state index contributed by atoms with van der Waals surface area (Å²) in [6.45, 7) is 0.379. The molecule has 4 aromatic carbocycles. The minimum Gasteiger partial charge on any atom is -0.457 e. The summed E-state index contributed by atoms with van der Waals surface area (Å²) in [4.78, 5) is 13.1. The van der Waals surface area contributed by atoms with Crippen molar-refractivity contribution in [2.75, 3.05) is 11.9 Å².